The summed E-state index contributed by atoms with van der Waals surface area (Å²) in [6, 6.07) is 0. The van der Waals surface area contributed by atoms with Gasteiger partial charge in [-0.15, -0.1) is 0 Å². The van der Waals surface area contributed by atoms with Crippen LogP contribution in [0.5, 0.6) is 0 Å². The first-order valence-electron chi connectivity index (χ1n) is 13.7. The van der Waals surface area contributed by atoms with Gasteiger partial charge < -0.3 is 89.3 Å². The summed E-state index contributed by atoms with van der Waals surface area (Å²) in [4.78, 5) is 0. The van der Waals surface area contributed by atoms with E-state index in [1.807, 2.05) is 0 Å². The molecule has 42 heavy (non-hydrogen) atoms. The highest BCUT2D eigenvalue weighted by molar-refractivity contribution is 4.96. The van der Waals surface area contributed by atoms with Crippen LogP contribution in [0.1, 0.15) is 20.8 Å². The van der Waals surface area contributed by atoms with Crippen LogP contribution in [0, 0.1) is 0 Å². The van der Waals surface area contributed by atoms with Crippen LogP contribution >= 0.6 is 0 Å². The second kappa shape index (κ2) is 13.7. The molecule has 246 valence electrons. The lowest BCUT2D eigenvalue weighted by Gasteiger charge is -2.49. The summed E-state index contributed by atoms with van der Waals surface area (Å²) in [6.07, 6.45) is -31.3. The molecule has 0 aromatic carbocycles. The van der Waals surface area contributed by atoms with E-state index >= 15 is 0 Å². The van der Waals surface area contributed by atoms with Gasteiger partial charge in [-0.05, 0) is 20.8 Å². The lowest BCUT2D eigenvalue weighted by molar-refractivity contribution is -0.392. The molecule has 18 nitrogen and oxygen atoms in total. The monoisotopic (exact) mass is 618 g/mol. The van der Waals surface area contributed by atoms with Gasteiger partial charge in [-0.3, -0.25) is 0 Å². The predicted molar refractivity (Wildman–Crippen MR) is 130 cm³/mol. The maximum atomic E-state index is 11.1. The van der Waals surface area contributed by atoms with E-state index in [2.05, 4.69) is 0 Å². The van der Waals surface area contributed by atoms with Gasteiger partial charge in [0.05, 0.1) is 24.9 Å². The van der Waals surface area contributed by atoms with Crippen LogP contribution in [0.15, 0.2) is 0 Å². The van der Waals surface area contributed by atoms with Gasteiger partial charge in [-0.1, -0.05) is 0 Å². The number of aliphatic hydroxyl groups excluding tert-OH is 11. The van der Waals surface area contributed by atoms with E-state index in [-0.39, 0.29) is 0 Å². The number of ether oxygens (including phenoxy) is 7. The second-order valence-corrected chi connectivity index (χ2v) is 11.1. The van der Waals surface area contributed by atoms with E-state index < -0.39 is 129 Å². The fourth-order valence-electron chi connectivity index (χ4n) is 5.35. The summed E-state index contributed by atoms with van der Waals surface area (Å²) in [6.45, 7) is 3.45. The van der Waals surface area contributed by atoms with Crippen molar-refractivity contribution in [1.82, 2.24) is 0 Å². The fourth-order valence-corrected chi connectivity index (χ4v) is 5.35. The van der Waals surface area contributed by atoms with E-state index in [4.69, 9.17) is 33.2 Å². The first-order chi connectivity index (χ1) is 19.7. The summed E-state index contributed by atoms with van der Waals surface area (Å²) < 4.78 is 38.6. The first-order valence-corrected chi connectivity index (χ1v) is 13.7. The molecule has 4 aliphatic heterocycles. The third-order valence-electron chi connectivity index (χ3n) is 8.09. The third-order valence-corrected chi connectivity index (χ3v) is 8.09. The molecule has 0 radical (unpaired) electrons. The molecule has 0 aromatic rings. The van der Waals surface area contributed by atoms with Gasteiger partial charge in [0.25, 0.3) is 0 Å². The minimum Gasteiger partial charge on any atom is -0.394 e. The van der Waals surface area contributed by atoms with Crippen LogP contribution in [0.25, 0.3) is 0 Å². The van der Waals surface area contributed by atoms with Gasteiger partial charge in [0.2, 0.25) is 0 Å². The molecule has 4 saturated heterocycles. The SMILES string of the molecule is C[C@@H]1O[C@@H](O[C@@H]2[C@@H](O)[C@H](C)O[C@@H](O[C@H]3[C@H](O[C@H]4[C@@H](O)[C@H](O)O[C@@H](CO)[C@@H]4O)O[C@@H](C)[C@H](O)[C@H]3O)[C@@H]2O)[C@H](O)[C@H](O)[C@H]1O. The molecular weight excluding hydrogens is 576 g/mol. The van der Waals surface area contributed by atoms with Crippen LogP contribution in [0.2, 0.25) is 0 Å². The Hall–Kier alpha value is -0.720. The highest BCUT2D eigenvalue weighted by Gasteiger charge is 2.54. The Bertz CT molecular complexity index is 869. The van der Waals surface area contributed by atoms with E-state index in [0.717, 1.165) is 0 Å². The zero-order valence-corrected chi connectivity index (χ0v) is 23.0. The zero-order valence-electron chi connectivity index (χ0n) is 23.0. The first kappa shape index (κ1) is 34.2. The van der Waals surface area contributed by atoms with Crippen LogP contribution in [0.3, 0.4) is 0 Å². The number of hydrogen-bond donors (Lipinski definition) is 11. The summed E-state index contributed by atoms with van der Waals surface area (Å²) in [7, 11) is 0. The van der Waals surface area contributed by atoms with Crippen molar-refractivity contribution in [2.24, 2.45) is 0 Å². The zero-order chi connectivity index (χ0) is 31.2. The highest BCUT2D eigenvalue weighted by Crippen LogP contribution is 2.34. The maximum absolute atomic E-state index is 11.1. The maximum Gasteiger partial charge on any atom is 0.187 e. The quantitative estimate of drug-likeness (QED) is 0.126. The molecule has 4 rings (SSSR count). The van der Waals surface area contributed by atoms with Gasteiger partial charge in [0.15, 0.2) is 25.2 Å². The van der Waals surface area contributed by atoms with E-state index in [9.17, 15) is 56.2 Å². The standard InChI is InChI=1S/C24H42O18/c1-5-9(26)13(30)15(32)22(36-5)40-18-11(28)7(3)37-23(17(18)34)42-20-14(31)10(27)6(2)38-24(20)41-19-12(29)8(4-25)39-21(35)16(19)33/h5-35H,4H2,1-3H3/t5-,6-,7-,8-,9-,10-,11-,12-,13+,14+,15+,16+,17+,18+,19+,20+,21+,22-,23-,24-/m0/s1. The largest absolute Gasteiger partial charge is 0.394 e. The van der Waals surface area contributed by atoms with Crippen LogP contribution in [-0.4, -0.2) is 186 Å². The van der Waals surface area contributed by atoms with Gasteiger partial charge in [0.1, 0.15) is 79.4 Å². The Morgan fingerprint density at radius 1 is 0.429 bits per heavy atom. The lowest BCUT2D eigenvalue weighted by Crippen LogP contribution is -2.67. The number of rotatable bonds is 7. The van der Waals surface area contributed by atoms with Crippen molar-refractivity contribution in [2.45, 2.75) is 144 Å². The molecule has 20 atom stereocenters. The minimum atomic E-state index is -1.87. The summed E-state index contributed by atoms with van der Waals surface area (Å²) in [5, 5.41) is 114. The highest BCUT2D eigenvalue weighted by atomic mass is 16.8. The van der Waals surface area contributed by atoms with Gasteiger partial charge >= 0.3 is 0 Å². The van der Waals surface area contributed by atoms with Crippen LogP contribution < -0.4 is 0 Å². The number of hydrogen-bond acceptors (Lipinski definition) is 18. The minimum absolute atomic E-state index is 0.744. The van der Waals surface area contributed by atoms with Crippen LogP contribution in [0.4, 0.5) is 0 Å². The molecule has 0 aromatic heterocycles. The molecule has 0 saturated carbocycles. The van der Waals surface area contributed by atoms with Crippen molar-refractivity contribution in [3.63, 3.8) is 0 Å². The van der Waals surface area contributed by atoms with Crippen molar-refractivity contribution < 1.29 is 89.3 Å². The normalized spacial score (nSPS) is 55.9. The summed E-state index contributed by atoms with van der Waals surface area (Å²) >= 11 is 0. The van der Waals surface area contributed by atoms with Crippen molar-refractivity contribution in [3.8, 4) is 0 Å². The van der Waals surface area contributed by atoms with Crippen molar-refractivity contribution in [2.75, 3.05) is 6.61 Å². The Morgan fingerprint density at radius 2 is 0.881 bits per heavy atom. The molecule has 4 fully saturated rings. The number of aliphatic hydroxyl groups is 11. The average Bonchev–Trinajstić information content (AvgIpc) is 2.95. The Morgan fingerprint density at radius 3 is 1.48 bits per heavy atom. The van der Waals surface area contributed by atoms with E-state index in [1.165, 1.54) is 20.8 Å². The van der Waals surface area contributed by atoms with Gasteiger partial charge in [-0.25, -0.2) is 0 Å². The summed E-state index contributed by atoms with van der Waals surface area (Å²) in [5.41, 5.74) is 0. The smallest absolute Gasteiger partial charge is 0.187 e. The topological polar surface area (TPSA) is 287 Å². The molecule has 4 heterocycles. The van der Waals surface area contributed by atoms with Crippen molar-refractivity contribution in [3.05, 3.63) is 0 Å². The van der Waals surface area contributed by atoms with Gasteiger partial charge in [-0.2, -0.15) is 0 Å². The molecular formula is C24H42O18. The molecule has 0 aliphatic carbocycles. The molecule has 0 unspecified atom stereocenters. The molecule has 11 N–H and O–H groups in total. The Balaban J connectivity index is 1.53. The van der Waals surface area contributed by atoms with E-state index in [0.29, 0.717) is 0 Å². The van der Waals surface area contributed by atoms with Crippen molar-refractivity contribution >= 4 is 0 Å². The molecule has 0 spiro atoms. The van der Waals surface area contributed by atoms with Gasteiger partial charge in [0, 0.05) is 0 Å². The third kappa shape index (κ3) is 6.62. The molecule has 0 bridgehead atoms. The van der Waals surface area contributed by atoms with Crippen LogP contribution in [-0.2, 0) is 33.2 Å². The summed E-state index contributed by atoms with van der Waals surface area (Å²) in [5.74, 6) is 0. The predicted octanol–water partition coefficient (Wildman–Crippen LogP) is -6.67. The molecule has 0 amide bonds. The lowest BCUT2D eigenvalue weighted by atomic mass is 9.96. The average molecular weight is 619 g/mol. The van der Waals surface area contributed by atoms with E-state index in [1.54, 1.807) is 0 Å². The Kier molecular flexibility index (Phi) is 11.2. The molecule has 18 heteroatoms. The fraction of sp³-hybridized carbons (Fsp3) is 1.00. The second-order valence-electron chi connectivity index (χ2n) is 11.1. The molecule has 4 aliphatic rings. The van der Waals surface area contributed by atoms with Crippen molar-refractivity contribution in [1.29, 1.82) is 0 Å². The Labute approximate surface area is 240 Å².